The van der Waals surface area contributed by atoms with E-state index in [1.165, 1.54) is 7.05 Å². The zero-order chi connectivity index (χ0) is 15.7. The van der Waals surface area contributed by atoms with Gasteiger partial charge in [-0.1, -0.05) is 0 Å². The molecule has 0 aliphatic carbocycles. The van der Waals surface area contributed by atoms with E-state index in [0.29, 0.717) is 0 Å². The van der Waals surface area contributed by atoms with E-state index in [1.54, 1.807) is 13.8 Å². The molecule has 9 nitrogen and oxygen atoms in total. The zero-order valence-electron chi connectivity index (χ0n) is 11.7. The number of urea groups is 1. The summed E-state index contributed by atoms with van der Waals surface area (Å²) in [6.45, 7) is 2.58. The number of hydrogen-bond acceptors (Lipinski definition) is 4. The fraction of sp³-hybridized carbons (Fsp3) is 0.636. The zero-order valence-corrected chi connectivity index (χ0v) is 11.7. The predicted octanol–water partition coefficient (Wildman–Crippen LogP) is -1.65. The summed E-state index contributed by atoms with van der Waals surface area (Å²) >= 11 is 0. The molecule has 0 spiro atoms. The van der Waals surface area contributed by atoms with Gasteiger partial charge in [0.2, 0.25) is 11.8 Å². The van der Waals surface area contributed by atoms with Gasteiger partial charge >= 0.3 is 12.0 Å². The number of carboxylic acid groups (broad SMARTS) is 1. The maximum absolute atomic E-state index is 11.5. The third-order valence-corrected chi connectivity index (χ3v) is 2.01. The summed E-state index contributed by atoms with van der Waals surface area (Å²) in [5.41, 5.74) is 0. The van der Waals surface area contributed by atoms with Gasteiger partial charge in [0.15, 0.2) is 0 Å². The standard InChI is InChI=1S/C11H20N4O5/c1-7(2)14-9(17)6-15(3)11(20)13-4-8(16)12-5-10(18)19/h7H,4-6H2,1-3H3,(H,12,16)(H,13,20)(H,14,17)(H,18,19). The first-order valence-electron chi connectivity index (χ1n) is 5.99. The molecule has 0 bridgehead atoms. The van der Waals surface area contributed by atoms with Crippen molar-refractivity contribution < 1.29 is 24.3 Å². The van der Waals surface area contributed by atoms with Gasteiger partial charge in [-0.15, -0.1) is 0 Å². The molecule has 0 aliphatic rings. The first-order chi connectivity index (χ1) is 9.22. The van der Waals surface area contributed by atoms with Gasteiger partial charge in [0.05, 0.1) is 6.54 Å². The van der Waals surface area contributed by atoms with E-state index in [4.69, 9.17) is 5.11 Å². The van der Waals surface area contributed by atoms with Crippen LogP contribution in [0.15, 0.2) is 0 Å². The Morgan fingerprint density at radius 2 is 1.65 bits per heavy atom. The van der Waals surface area contributed by atoms with Crippen molar-refractivity contribution in [3.8, 4) is 0 Å². The fourth-order valence-electron chi connectivity index (χ4n) is 1.18. The summed E-state index contributed by atoms with van der Waals surface area (Å²) in [6.07, 6.45) is 0. The quantitative estimate of drug-likeness (QED) is 0.446. The Labute approximate surface area is 116 Å². The molecule has 4 N–H and O–H groups in total. The number of carbonyl (C=O) groups excluding carboxylic acids is 3. The van der Waals surface area contributed by atoms with Crippen molar-refractivity contribution in [3.63, 3.8) is 0 Å². The molecule has 0 fully saturated rings. The number of hydrogen-bond donors (Lipinski definition) is 4. The van der Waals surface area contributed by atoms with Crippen LogP contribution in [0.3, 0.4) is 0 Å². The Morgan fingerprint density at radius 1 is 1.05 bits per heavy atom. The normalized spacial score (nSPS) is 9.80. The second-order valence-corrected chi connectivity index (χ2v) is 4.41. The smallest absolute Gasteiger partial charge is 0.322 e. The lowest BCUT2D eigenvalue weighted by Crippen LogP contribution is -2.47. The van der Waals surface area contributed by atoms with Crippen LogP contribution in [-0.2, 0) is 14.4 Å². The minimum Gasteiger partial charge on any atom is -0.480 e. The number of aliphatic carboxylic acids is 1. The molecule has 0 rings (SSSR count). The molecule has 0 aromatic heterocycles. The Balaban J connectivity index is 3.99. The summed E-state index contributed by atoms with van der Waals surface area (Å²) in [4.78, 5) is 45.4. The molecule has 0 radical (unpaired) electrons. The summed E-state index contributed by atoms with van der Waals surface area (Å²) in [5, 5.41) is 15.3. The van der Waals surface area contributed by atoms with Gasteiger partial charge in [0.1, 0.15) is 13.1 Å². The molecule has 4 amide bonds. The molecule has 0 aromatic rings. The third kappa shape index (κ3) is 8.72. The van der Waals surface area contributed by atoms with E-state index in [-0.39, 0.29) is 25.0 Å². The van der Waals surface area contributed by atoms with Crippen LogP contribution in [-0.4, -0.2) is 66.5 Å². The van der Waals surface area contributed by atoms with Crippen molar-refractivity contribution >= 4 is 23.8 Å². The highest BCUT2D eigenvalue weighted by Gasteiger charge is 2.14. The Kier molecular flexibility index (Phi) is 7.71. The van der Waals surface area contributed by atoms with Crippen LogP contribution >= 0.6 is 0 Å². The van der Waals surface area contributed by atoms with E-state index in [0.717, 1.165) is 4.90 Å². The topological polar surface area (TPSA) is 128 Å². The lowest BCUT2D eigenvalue weighted by atomic mass is 10.4. The average Bonchev–Trinajstić information content (AvgIpc) is 2.31. The molecule has 0 saturated heterocycles. The predicted molar refractivity (Wildman–Crippen MR) is 70.0 cm³/mol. The summed E-state index contributed by atoms with van der Waals surface area (Å²) in [5.74, 6) is -2.11. The van der Waals surface area contributed by atoms with Crippen LogP contribution in [0.5, 0.6) is 0 Å². The molecule has 0 atom stereocenters. The van der Waals surface area contributed by atoms with Gasteiger partial charge in [0, 0.05) is 13.1 Å². The van der Waals surface area contributed by atoms with Gasteiger partial charge in [-0.25, -0.2) is 4.79 Å². The summed E-state index contributed by atoms with van der Waals surface area (Å²) in [6, 6.07) is -0.630. The molecule has 0 aliphatic heterocycles. The molecule has 20 heavy (non-hydrogen) atoms. The number of likely N-dealkylation sites (N-methyl/N-ethyl adjacent to an activating group) is 1. The Hall–Kier alpha value is -2.32. The summed E-state index contributed by atoms with van der Waals surface area (Å²) in [7, 11) is 1.41. The van der Waals surface area contributed by atoms with Crippen molar-refractivity contribution in [2.24, 2.45) is 0 Å². The molecular weight excluding hydrogens is 268 g/mol. The van der Waals surface area contributed by atoms with E-state index in [1.807, 2.05) is 0 Å². The van der Waals surface area contributed by atoms with Gasteiger partial charge in [-0.2, -0.15) is 0 Å². The third-order valence-electron chi connectivity index (χ3n) is 2.01. The molecule has 114 valence electrons. The van der Waals surface area contributed by atoms with E-state index in [2.05, 4.69) is 16.0 Å². The maximum Gasteiger partial charge on any atom is 0.322 e. The number of nitrogens with one attached hydrogen (secondary N) is 3. The van der Waals surface area contributed by atoms with Crippen molar-refractivity contribution in [1.82, 2.24) is 20.9 Å². The average molecular weight is 288 g/mol. The molecule has 0 heterocycles. The number of carboxylic acids is 1. The van der Waals surface area contributed by atoms with Crippen molar-refractivity contribution in [2.45, 2.75) is 19.9 Å². The monoisotopic (exact) mass is 288 g/mol. The van der Waals surface area contributed by atoms with Crippen LogP contribution in [0.1, 0.15) is 13.8 Å². The first kappa shape index (κ1) is 17.7. The molecule has 0 unspecified atom stereocenters. The number of amides is 4. The maximum atomic E-state index is 11.5. The van der Waals surface area contributed by atoms with Crippen molar-refractivity contribution in [2.75, 3.05) is 26.7 Å². The van der Waals surface area contributed by atoms with Gasteiger partial charge in [-0.3, -0.25) is 14.4 Å². The molecular formula is C11H20N4O5. The van der Waals surface area contributed by atoms with Crippen molar-refractivity contribution in [1.29, 1.82) is 0 Å². The highest BCUT2D eigenvalue weighted by Crippen LogP contribution is 1.86. The van der Waals surface area contributed by atoms with Gasteiger partial charge in [0.25, 0.3) is 0 Å². The van der Waals surface area contributed by atoms with E-state index in [9.17, 15) is 19.2 Å². The number of rotatable bonds is 7. The highest BCUT2D eigenvalue weighted by atomic mass is 16.4. The van der Waals surface area contributed by atoms with Gasteiger partial charge < -0.3 is 26.0 Å². The minimum atomic E-state index is -1.17. The van der Waals surface area contributed by atoms with E-state index >= 15 is 0 Å². The summed E-state index contributed by atoms with van der Waals surface area (Å²) < 4.78 is 0. The van der Waals surface area contributed by atoms with Crippen LogP contribution in [0.4, 0.5) is 4.79 Å². The lowest BCUT2D eigenvalue weighted by Gasteiger charge is -2.18. The molecule has 9 heteroatoms. The first-order valence-corrected chi connectivity index (χ1v) is 5.99. The largest absolute Gasteiger partial charge is 0.480 e. The van der Waals surface area contributed by atoms with Gasteiger partial charge in [-0.05, 0) is 13.8 Å². The second kappa shape index (κ2) is 8.73. The van der Waals surface area contributed by atoms with Crippen LogP contribution in [0, 0.1) is 0 Å². The van der Waals surface area contributed by atoms with E-state index < -0.39 is 24.5 Å². The highest BCUT2D eigenvalue weighted by molar-refractivity contribution is 5.88. The van der Waals surface area contributed by atoms with Crippen LogP contribution < -0.4 is 16.0 Å². The number of nitrogens with zero attached hydrogens (tertiary/aromatic N) is 1. The molecule has 0 saturated carbocycles. The van der Waals surface area contributed by atoms with Crippen LogP contribution in [0.25, 0.3) is 0 Å². The van der Waals surface area contributed by atoms with Crippen LogP contribution in [0.2, 0.25) is 0 Å². The lowest BCUT2D eigenvalue weighted by molar-refractivity contribution is -0.137. The minimum absolute atomic E-state index is 0.0271. The van der Waals surface area contributed by atoms with Crippen molar-refractivity contribution in [3.05, 3.63) is 0 Å². The number of carbonyl (C=O) groups is 4. The molecule has 0 aromatic carbocycles. The Morgan fingerprint density at radius 3 is 2.15 bits per heavy atom. The Bertz CT molecular complexity index is 383. The fourth-order valence-corrected chi connectivity index (χ4v) is 1.18. The SMILES string of the molecule is CC(C)NC(=O)CN(C)C(=O)NCC(=O)NCC(=O)O. The second-order valence-electron chi connectivity index (χ2n) is 4.41.